The first-order valence-corrected chi connectivity index (χ1v) is 9.09. The average Bonchev–Trinajstić information content (AvgIpc) is 3.11. The van der Waals surface area contributed by atoms with E-state index in [1.807, 2.05) is 30.3 Å². The third-order valence-electron chi connectivity index (χ3n) is 4.42. The SMILES string of the molecule is O=C(c1cc(=O)[nH]c2ccccc12)N1CC[C@H](Oc2ncccc2Br)C1. The van der Waals surface area contributed by atoms with E-state index in [0.29, 0.717) is 30.0 Å². The number of H-pyrrole nitrogens is 1. The van der Waals surface area contributed by atoms with E-state index in [-0.39, 0.29) is 17.6 Å². The Kier molecular flexibility index (Phi) is 4.46. The first-order chi connectivity index (χ1) is 12.6. The van der Waals surface area contributed by atoms with Gasteiger partial charge in [-0.25, -0.2) is 4.98 Å². The fourth-order valence-electron chi connectivity index (χ4n) is 3.18. The van der Waals surface area contributed by atoms with Crippen molar-refractivity contribution in [2.75, 3.05) is 13.1 Å². The van der Waals surface area contributed by atoms with Crippen LogP contribution >= 0.6 is 15.9 Å². The highest BCUT2D eigenvalue weighted by atomic mass is 79.9. The number of carbonyl (C=O) groups is 1. The van der Waals surface area contributed by atoms with Gasteiger partial charge in [0.1, 0.15) is 6.10 Å². The molecular weight excluding hydrogens is 398 g/mol. The second-order valence-electron chi connectivity index (χ2n) is 6.16. The molecule has 1 N–H and O–H groups in total. The number of hydrogen-bond donors (Lipinski definition) is 1. The van der Waals surface area contributed by atoms with Crippen LogP contribution in [0.15, 0.2) is 57.9 Å². The van der Waals surface area contributed by atoms with E-state index in [2.05, 4.69) is 25.9 Å². The van der Waals surface area contributed by atoms with Gasteiger partial charge in [-0.3, -0.25) is 9.59 Å². The molecule has 7 heteroatoms. The molecule has 1 aromatic carbocycles. The minimum absolute atomic E-state index is 0.126. The predicted octanol–water partition coefficient (Wildman–Crippen LogP) is 2.98. The maximum absolute atomic E-state index is 13.0. The van der Waals surface area contributed by atoms with Crippen molar-refractivity contribution in [2.45, 2.75) is 12.5 Å². The average molecular weight is 414 g/mol. The molecule has 1 fully saturated rings. The number of likely N-dealkylation sites (tertiary alicyclic amines) is 1. The number of carbonyl (C=O) groups excluding carboxylic acids is 1. The molecule has 4 rings (SSSR count). The van der Waals surface area contributed by atoms with Crippen LogP contribution in [-0.2, 0) is 0 Å². The largest absolute Gasteiger partial charge is 0.472 e. The number of ether oxygens (including phenoxy) is 1. The molecule has 1 amide bonds. The number of para-hydroxylation sites is 1. The second-order valence-corrected chi connectivity index (χ2v) is 7.02. The molecule has 0 aliphatic carbocycles. The van der Waals surface area contributed by atoms with Crippen LogP contribution in [0.25, 0.3) is 10.9 Å². The van der Waals surface area contributed by atoms with Gasteiger partial charge in [-0.05, 0) is 34.1 Å². The number of rotatable bonds is 3. The first kappa shape index (κ1) is 16.8. The van der Waals surface area contributed by atoms with Gasteiger partial charge in [0.05, 0.1) is 16.6 Å². The molecule has 0 saturated carbocycles. The van der Waals surface area contributed by atoms with Crippen LogP contribution in [0.1, 0.15) is 16.8 Å². The highest BCUT2D eigenvalue weighted by Gasteiger charge is 2.30. The van der Waals surface area contributed by atoms with E-state index in [0.717, 1.165) is 16.3 Å². The third-order valence-corrected chi connectivity index (χ3v) is 5.02. The van der Waals surface area contributed by atoms with Gasteiger partial charge in [-0.15, -0.1) is 0 Å². The lowest BCUT2D eigenvalue weighted by Crippen LogP contribution is -2.32. The number of nitrogens with one attached hydrogen (secondary N) is 1. The summed E-state index contributed by atoms with van der Waals surface area (Å²) in [6.07, 6.45) is 2.26. The number of halogens is 1. The number of amides is 1. The van der Waals surface area contributed by atoms with Crippen LogP contribution in [-0.4, -0.2) is 40.0 Å². The van der Waals surface area contributed by atoms with Crippen molar-refractivity contribution in [1.82, 2.24) is 14.9 Å². The Balaban J connectivity index is 1.55. The molecule has 1 atom stereocenters. The van der Waals surface area contributed by atoms with Gasteiger partial charge in [-0.1, -0.05) is 18.2 Å². The second kappa shape index (κ2) is 6.92. The summed E-state index contributed by atoms with van der Waals surface area (Å²) in [6.45, 7) is 1.04. The molecule has 0 bridgehead atoms. The van der Waals surface area contributed by atoms with Crippen molar-refractivity contribution < 1.29 is 9.53 Å². The van der Waals surface area contributed by atoms with Gasteiger partial charge in [0.2, 0.25) is 11.4 Å². The maximum atomic E-state index is 13.0. The zero-order chi connectivity index (χ0) is 18.1. The third kappa shape index (κ3) is 3.22. The lowest BCUT2D eigenvalue weighted by Gasteiger charge is -2.18. The molecular formula is C19H16BrN3O3. The molecule has 1 saturated heterocycles. The Bertz CT molecular complexity index is 1030. The van der Waals surface area contributed by atoms with Crippen molar-refractivity contribution in [3.05, 3.63) is 69.1 Å². The number of hydrogen-bond acceptors (Lipinski definition) is 4. The lowest BCUT2D eigenvalue weighted by atomic mass is 10.1. The van der Waals surface area contributed by atoms with Gasteiger partial charge in [-0.2, -0.15) is 0 Å². The predicted molar refractivity (Wildman–Crippen MR) is 101 cm³/mol. The molecule has 3 aromatic rings. The normalized spacial score (nSPS) is 16.8. The Labute approximate surface area is 157 Å². The molecule has 0 spiro atoms. The highest BCUT2D eigenvalue weighted by Crippen LogP contribution is 2.25. The van der Waals surface area contributed by atoms with Crippen LogP contribution in [0.4, 0.5) is 0 Å². The van der Waals surface area contributed by atoms with Crippen LogP contribution in [0.5, 0.6) is 5.88 Å². The van der Waals surface area contributed by atoms with Gasteiger partial charge < -0.3 is 14.6 Å². The summed E-state index contributed by atoms with van der Waals surface area (Å²) >= 11 is 3.41. The fourth-order valence-corrected chi connectivity index (χ4v) is 3.53. The molecule has 26 heavy (non-hydrogen) atoms. The monoisotopic (exact) mass is 413 g/mol. The fraction of sp³-hybridized carbons (Fsp3) is 0.211. The Morgan fingerprint density at radius 3 is 2.96 bits per heavy atom. The molecule has 6 nitrogen and oxygen atoms in total. The zero-order valence-corrected chi connectivity index (χ0v) is 15.4. The molecule has 0 unspecified atom stereocenters. The summed E-state index contributed by atoms with van der Waals surface area (Å²) in [7, 11) is 0. The van der Waals surface area contributed by atoms with E-state index >= 15 is 0 Å². The summed E-state index contributed by atoms with van der Waals surface area (Å²) < 4.78 is 6.70. The maximum Gasteiger partial charge on any atom is 0.254 e. The Morgan fingerprint density at radius 2 is 2.12 bits per heavy atom. The van der Waals surface area contributed by atoms with E-state index in [9.17, 15) is 9.59 Å². The smallest absolute Gasteiger partial charge is 0.254 e. The topological polar surface area (TPSA) is 75.3 Å². The summed E-state index contributed by atoms with van der Waals surface area (Å²) in [5, 5.41) is 0.744. The molecule has 0 radical (unpaired) electrons. The molecule has 1 aliphatic rings. The van der Waals surface area contributed by atoms with Crippen molar-refractivity contribution >= 4 is 32.7 Å². The van der Waals surface area contributed by atoms with E-state index < -0.39 is 0 Å². The molecule has 3 heterocycles. The number of aromatic amines is 1. The van der Waals surface area contributed by atoms with Crippen LogP contribution in [0, 0.1) is 0 Å². The summed E-state index contributed by atoms with van der Waals surface area (Å²) in [4.78, 5) is 33.6. The minimum Gasteiger partial charge on any atom is -0.472 e. The molecule has 2 aromatic heterocycles. The van der Waals surface area contributed by atoms with E-state index in [1.165, 1.54) is 6.07 Å². The lowest BCUT2D eigenvalue weighted by molar-refractivity contribution is 0.0772. The summed E-state index contributed by atoms with van der Waals surface area (Å²) in [5.41, 5.74) is 0.799. The number of aromatic nitrogens is 2. The van der Waals surface area contributed by atoms with Crippen molar-refractivity contribution in [3.8, 4) is 5.88 Å². The summed E-state index contributed by atoms with van der Waals surface area (Å²) in [5.74, 6) is 0.367. The van der Waals surface area contributed by atoms with Gasteiger partial charge >= 0.3 is 0 Å². The van der Waals surface area contributed by atoms with Crippen molar-refractivity contribution in [3.63, 3.8) is 0 Å². The van der Waals surface area contributed by atoms with E-state index in [1.54, 1.807) is 17.2 Å². The Morgan fingerprint density at radius 1 is 1.27 bits per heavy atom. The van der Waals surface area contributed by atoms with Gasteiger partial charge in [0, 0.05) is 36.1 Å². The highest BCUT2D eigenvalue weighted by molar-refractivity contribution is 9.10. The zero-order valence-electron chi connectivity index (χ0n) is 13.8. The number of benzene rings is 1. The van der Waals surface area contributed by atoms with Crippen molar-refractivity contribution in [2.24, 2.45) is 0 Å². The number of nitrogens with zero attached hydrogens (tertiary/aromatic N) is 2. The Hall–Kier alpha value is -2.67. The van der Waals surface area contributed by atoms with Gasteiger partial charge in [0.15, 0.2) is 0 Å². The number of pyridine rings is 2. The van der Waals surface area contributed by atoms with Gasteiger partial charge in [0.25, 0.3) is 5.91 Å². The molecule has 132 valence electrons. The van der Waals surface area contributed by atoms with Crippen molar-refractivity contribution in [1.29, 1.82) is 0 Å². The number of fused-ring (bicyclic) bond motifs is 1. The first-order valence-electron chi connectivity index (χ1n) is 8.30. The standard InChI is InChI=1S/C19H16BrN3O3/c20-15-5-3-8-21-18(15)26-12-7-9-23(11-12)19(25)14-10-17(24)22-16-6-2-1-4-13(14)16/h1-6,8,10,12H,7,9,11H2,(H,22,24)/t12-/m0/s1. The quantitative estimate of drug-likeness (QED) is 0.715. The van der Waals surface area contributed by atoms with Crippen LogP contribution in [0.3, 0.4) is 0 Å². The molecule has 1 aliphatic heterocycles. The summed E-state index contributed by atoms with van der Waals surface area (Å²) in [6, 6.07) is 12.4. The van der Waals surface area contributed by atoms with E-state index in [4.69, 9.17) is 4.74 Å². The van der Waals surface area contributed by atoms with Crippen LogP contribution in [0.2, 0.25) is 0 Å². The van der Waals surface area contributed by atoms with Crippen LogP contribution < -0.4 is 10.3 Å². The minimum atomic E-state index is -0.281.